The molecule has 6 heteroatoms. The highest BCUT2D eigenvalue weighted by Crippen LogP contribution is 2.29. The predicted molar refractivity (Wildman–Crippen MR) is 122 cm³/mol. The summed E-state index contributed by atoms with van der Waals surface area (Å²) in [5, 5.41) is 2.65. The first-order valence-corrected chi connectivity index (χ1v) is 10.9. The Morgan fingerprint density at radius 2 is 1.35 bits per heavy atom. The molecule has 1 atom stereocenters. The molecule has 2 amide bonds. The Kier molecular flexibility index (Phi) is 7.33. The van der Waals surface area contributed by atoms with E-state index in [2.05, 4.69) is 58.7 Å². The topological polar surface area (TPSA) is 61.9 Å². The van der Waals surface area contributed by atoms with Crippen molar-refractivity contribution in [3.63, 3.8) is 0 Å². The Hall–Kier alpha value is -2.86. The van der Waals surface area contributed by atoms with Crippen LogP contribution in [0.15, 0.2) is 60.7 Å². The van der Waals surface area contributed by atoms with Crippen LogP contribution in [0.25, 0.3) is 0 Å². The normalized spacial score (nSPS) is 16.1. The monoisotopic (exact) mass is 423 g/mol. The molecule has 1 heterocycles. The van der Waals surface area contributed by atoms with Crippen molar-refractivity contribution in [2.75, 3.05) is 26.2 Å². The minimum absolute atomic E-state index is 0.0820. The van der Waals surface area contributed by atoms with Crippen molar-refractivity contribution in [1.29, 1.82) is 0 Å². The molecule has 1 aliphatic heterocycles. The zero-order chi connectivity index (χ0) is 22.4. The van der Waals surface area contributed by atoms with Crippen LogP contribution >= 0.6 is 0 Å². The molecule has 2 aromatic rings. The van der Waals surface area contributed by atoms with Crippen LogP contribution in [0.5, 0.6) is 0 Å². The van der Waals surface area contributed by atoms with Crippen LogP contribution in [0.4, 0.5) is 4.79 Å². The van der Waals surface area contributed by atoms with Crippen molar-refractivity contribution in [1.82, 2.24) is 15.1 Å². The molecule has 0 aromatic heterocycles. The molecule has 1 saturated heterocycles. The molecule has 1 fully saturated rings. The van der Waals surface area contributed by atoms with Crippen LogP contribution in [0.1, 0.15) is 44.9 Å². The third-order valence-corrected chi connectivity index (χ3v) is 5.33. The molecule has 3 rings (SSSR count). The van der Waals surface area contributed by atoms with Gasteiger partial charge in [0, 0.05) is 26.2 Å². The average molecular weight is 424 g/mol. The summed E-state index contributed by atoms with van der Waals surface area (Å²) in [6.07, 6.45) is -0.569. The van der Waals surface area contributed by atoms with Gasteiger partial charge in [-0.1, -0.05) is 60.7 Å². The molecule has 0 saturated carbocycles. The molecule has 1 aliphatic rings. The predicted octanol–water partition coefficient (Wildman–Crippen LogP) is 3.83. The number of nitrogens with zero attached hydrogens (tertiary/aromatic N) is 2. The first kappa shape index (κ1) is 22.8. The van der Waals surface area contributed by atoms with Crippen LogP contribution in [0.2, 0.25) is 0 Å². The number of alkyl carbamates (subject to hydrolysis) is 1. The Morgan fingerprint density at radius 1 is 0.871 bits per heavy atom. The van der Waals surface area contributed by atoms with E-state index in [1.807, 2.05) is 17.0 Å². The summed E-state index contributed by atoms with van der Waals surface area (Å²) in [7, 11) is 0. The number of amides is 2. The Balaban J connectivity index is 1.63. The van der Waals surface area contributed by atoms with Crippen LogP contribution in [-0.2, 0) is 9.53 Å². The second kappa shape index (κ2) is 9.96. The highest BCUT2D eigenvalue weighted by Gasteiger charge is 2.30. The third kappa shape index (κ3) is 6.31. The van der Waals surface area contributed by atoms with Crippen molar-refractivity contribution in [3.8, 4) is 0 Å². The standard InChI is InChI=1S/C25H33N3O3/c1-19(26-24(30)31-25(2,3)4)23(29)28-17-15-27(16-18-28)22(20-11-7-5-8-12-20)21-13-9-6-10-14-21/h5-14,19,22H,15-18H2,1-4H3,(H,26,30). The maximum absolute atomic E-state index is 12.9. The second-order valence-electron chi connectivity index (χ2n) is 8.95. The summed E-state index contributed by atoms with van der Waals surface area (Å²) < 4.78 is 5.26. The van der Waals surface area contributed by atoms with Crippen LogP contribution < -0.4 is 5.32 Å². The number of piperazine rings is 1. The molecule has 1 unspecified atom stereocenters. The number of ether oxygens (including phenoxy) is 1. The van der Waals surface area contributed by atoms with E-state index in [9.17, 15) is 9.59 Å². The molecule has 1 N–H and O–H groups in total. The number of rotatable bonds is 5. The number of carbonyl (C=O) groups excluding carboxylic acids is 2. The van der Waals surface area contributed by atoms with Gasteiger partial charge in [-0.2, -0.15) is 0 Å². The van der Waals surface area contributed by atoms with E-state index in [0.29, 0.717) is 13.1 Å². The molecule has 2 aromatic carbocycles. The Labute approximate surface area is 185 Å². The summed E-state index contributed by atoms with van der Waals surface area (Å²) in [6, 6.07) is 20.5. The number of hydrogen-bond donors (Lipinski definition) is 1. The molecule has 6 nitrogen and oxygen atoms in total. The van der Waals surface area contributed by atoms with E-state index in [4.69, 9.17) is 4.74 Å². The minimum Gasteiger partial charge on any atom is -0.444 e. The maximum Gasteiger partial charge on any atom is 0.408 e. The summed E-state index contributed by atoms with van der Waals surface area (Å²) in [5.41, 5.74) is 1.89. The third-order valence-electron chi connectivity index (χ3n) is 5.33. The van der Waals surface area contributed by atoms with Gasteiger partial charge in [-0.15, -0.1) is 0 Å². The fourth-order valence-electron chi connectivity index (χ4n) is 3.91. The number of benzene rings is 2. The van der Waals surface area contributed by atoms with Crippen LogP contribution in [0, 0.1) is 0 Å². The number of nitrogens with one attached hydrogen (secondary N) is 1. The first-order valence-electron chi connectivity index (χ1n) is 10.9. The number of hydrogen-bond acceptors (Lipinski definition) is 4. The van der Waals surface area contributed by atoms with Gasteiger partial charge in [-0.05, 0) is 38.8 Å². The van der Waals surface area contributed by atoms with Gasteiger partial charge >= 0.3 is 6.09 Å². The highest BCUT2D eigenvalue weighted by molar-refractivity contribution is 5.85. The van der Waals surface area contributed by atoms with E-state index in [0.717, 1.165) is 13.1 Å². The number of carbonyl (C=O) groups is 2. The van der Waals surface area contributed by atoms with Crippen molar-refractivity contribution in [3.05, 3.63) is 71.8 Å². The molecule has 31 heavy (non-hydrogen) atoms. The van der Waals surface area contributed by atoms with Crippen molar-refractivity contribution >= 4 is 12.0 Å². The summed E-state index contributed by atoms with van der Waals surface area (Å²) in [6.45, 7) is 9.87. The first-order chi connectivity index (χ1) is 14.7. The zero-order valence-electron chi connectivity index (χ0n) is 18.9. The van der Waals surface area contributed by atoms with E-state index in [1.54, 1.807) is 27.7 Å². The van der Waals surface area contributed by atoms with Crippen molar-refractivity contribution < 1.29 is 14.3 Å². The lowest BCUT2D eigenvalue weighted by molar-refractivity contribution is -0.135. The van der Waals surface area contributed by atoms with E-state index in [-0.39, 0.29) is 11.9 Å². The van der Waals surface area contributed by atoms with Gasteiger partial charge in [0.1, 0.15) is 11.6 Å². The van der Waals surface area contributed by atoms with Crippen molar-refractivity contribution in [2.45, 2.75) is 45.4 Å². The molecular formula is C25H33N3O3. The van der Waals surface area contributed by atoms with Crippen LogP contribution in [0.3, 0.4) is 0 Å². The van der Waals surface area contributed by atoms with Gasteiger partial charge in [-0.25, -0.2) is 4.79 Å². The molecule has 166 valence electrons. The molecule has 0 spiro atoms. The van der Waals surface area contributed by atoms with Gasteiger partial charge in [0.25, 0.3) is 0 Å². The zero-order valence-corrected chi connectivity index (χ0v) is 18.9. The summed E-state index contributed by atoms with van der Waals surface area (Å²) in [5.74, 6) is -0.0820. The smallest absolute Gasteiger partial charge is 0.408 e. The lowest BCUT2D eigenvalue weighted by Gasteiger charge is -2.40. The average Bonchev–Trinajstić information content (AvgIpc) is 2.74. The maximum atomic E-state index is 12.9. The van der Waals surface area contributed by atoms with Gasteiger partial charge in [0.15, 0.2) is 0 Å². The molecule has 0 aliphatic carbocycles. The summed E-state index contributed by atoms with van der Waals surface area (Å²) >= 11 is 0. The van der Waals surface area contributed by atoms with E-state index in [1.165, 1.54) is 11.1 Å². The molecule has 0 radical (unpaired) electrons. The van der Waals surface area contributed by atoms with Gasteiger partial charge in [0.2, 0.25) is 5.91 Å². The fourth-order valence-corrected chi connectivity index (χ4v) is 3.91. The van der Waals surface area contributed by atoms with Gasteiger partial charge < -0.3 is 15.0 Å². The van der Waals surface area contributed by atoms with E-state index < -0.39 is 17.7 Å². The lowest BCUT2D eigenvalue weighted by atomic mass is 9.96. The molecular weight excluding hydrogens is 390 g/mol. The SMILES string of the molecule is CC(NC(=O)OC(C)(C)C)C(=O)N1CCN(C(c2ccccc2)c2ccccc2)CC1. The molecule has 0 bridgehead atoms. The second-order valence-corrected chi connectivity index (χ2v) is 8.95. The van der Waals surface area contributed by atoms with Crippen LogP contribution in [-0.4, -0.2) is 59.6 Å². The van der Waals surface area contributed by atoms with Crippen molar-refractivity contribution in [2.24, 2.45) is 0 Å². The van der Waals surface area contributed by atoms with E-state index >= 15 is 0 Å². The quantitative estimate of drug-likeness (QED) is 0.794. The fraction of sp³-hybridized carbons (Fsp3) is 0.440. The largest absolute Gasteiger partial charge is 0.444 e. The van der Waals surface area contributed by atoms with Gasteiger partial charge in [0.05, 0.1) is 6.04 Å². The Bertz CT molecular complexity index is 817. The Morgan fingerprint density at radius 3 is 1.81 bits per heavy atom. The van der Waals surface area contributed by atoms with Gasteiger partial charge in [-0.3, -0.25) is 9.69 Å². The highest BCUT2D eigenvalue weighted by atomic mass is 16.6. The summed E-state index contributed by atoms with van der Waals surface area (Å²) in [4.78, 5) is 29.1. The lowest BCUT2D eigenvalue weighted by Crippen LogP contribution is -2.55. The minimum atomic E-state index is -0.625.